The number of thiophene rings is 1. The zero-order valence-corrected chi connectivity index (χ0v) is 11.8. The number of carbonyl (C=O) groups excluding carboxylic acids is 1. The van der Waals surface area contributed by atoms with E-state index in [0.717, 1.165) is 32.5 Å². The molecule has 0 saturated heterocycles. The summed E-state index contributed by atoms with van der Waals surface area (Å²) >= 11 is 1.68. The smallest absolute Gasteiger partial charge is 0.220 e. The second-order valence-electron chi connectivity index (χ2n) is 3.73. The Bertz CT molecular complexity index is 291. The molecule has 2 N–H and O–H groups in total. The van der Waals surface area contributed by atoms with Crippen LogP contribution < -0.4 is 10.6 Å². The zero-order chi connectivity index (χ0) is 11.6. The van der Waals surface area contributed by atoms with E-state index >= 15 is 0 Å². The molecule has 0 aliphatic rings. The van der Waals surface area contributed by atoms with Crippen LogP contribution in [0, 0.1) is 0 Å². The number of hydrogen-bond acceptors (Lipinski definition) is 3. The van der Waals surface area contributed by atoms with Gasteiger partial charge in [0.25, 0.3) is 0 Å². The minimum absolute atomic E-state index is 0. The van der Waals surface area contributed by atoms with Crippen LogP contribution in [0.15, 0.2) is 16.8 Å². The van der Waals surface area contributed by atoms with E-state index in [9.17, 15) is 4.79 Å². The molecular formula is C12H21ClN2OS. The fourth-order valence-electron chi connectivity index (χ4n) is 1.37. The van der Waals surface area contributed by atoms with E-state index in [0.29, 0.717) is 6.42 Å². The largest absolute Gasteiger partial charge is 0.355 e. The van der Waals surface area contributed by atoms with Gasteiger partial charge in [0.2, 0.25) is 5.91 Å². The fraction of sp³-hybridized carbons (Fsp3) is 0.583. The van der Waals surface area contributed by atoms with Gasteiger partial charge in [-0.1, -0.05) is 6.92 Å². The Morgan fingerprint density at radius 3 is 2.82 bits per heavy atom. The number of aryl methyl sites for hydroxylation is 1. The van der Waals surface area contributed by atoms with Crippen LogP contribution in [0.3, 0.4) is 0 Å². The number of nitrogens with one attached hydrogen (secondary N) is 2. The number of halogens is 1. The maximum atomic E-state index is 11.4. The molecule has 0 saturated carbocycles. The van der Waals surface area contributed by atoms with E-state index in [2.05, 4.69) is 29.0 Å². The maximum Gasteiger partial charge on any atom is 0.220 e. The fourth-order valence-corrected chi connectivity index (χ4v) is 2.08. The van der Waals surface area contributed by atoms with Crippen LogP contribution in [0.5, 0.6) is 0 Å². The first-order chi connectivity index (χ1) is 7.83. The van der Waals surface area contributed by atoms with Crippen molar-refractivity contribution in [3.63, 3.8) is 0 Å². The van der Waals surface area contributed by atoms with Crippen LogP contribution >= 0.6 is 23.7 Å². The molecule has 17 heavy (non-hydrogen) atoms. The standard InChI is InChI=1S/C12H20N2OS.ClH/c1-2-6-13-7-8-14-12(15)4-3-11-5-9-16-10-11;/h5,9-10,13H,2-4,6-8H2,1H3,(H,14,15);1H. The third kappa shape index (κ3) is 8.18. The lowest BCUT2D eigenvalue weighted by Crippen LogP contribution is -2.32. The Balaban J connectivity index is 0.00000256. The van der Waals surface area contributed by atoms with Gasteiger partial charge in [0.05, 0.1) is 0 Å². The van der Waals surface area contributed by atoms with Gasteiger partial charge in [-0.25, -0.2) is 0 Å². The van der Waals surface area contributed by atoms with Crippen molar-refractivity contribution < 1.29 is 4.79 Å². The Labute approximate surface area is 113 Å². The van der Waals surface area contributed by atoms with E-state index in [1.165, 1.54) is 5.56 Å². The van der Waals surface area contributed by atoms with E-state index in [4.69, 9.17) is 0 Å². The van der Waals surface area contributed by atoms with Gasteiger partial charge in [0.1, 0.15) is 0 Å². The van der Waals surface area contributed by atoms with E-state index in [-0.39, 0.29) is 18.3 Å². The molecule has 1 heterocycles. The summed E-state index contributed by atoms with van der Waals surface area (Å²) in [6, 6.07) is 2.07. The Kier molecular flexibility index (Phi) is 10.2. The Morgan fingerprint density at radius 2 is 2.18 bits per heavy atom. The molecular weight excluding hydrogens is 256 g/mol. The molecule has 1 aromatic rings. The molecule has 0 aromatic carbocycles. The van der Waals surface area contributed by atoms with Gasteiger partial charge < -0.3 is 10.6 Å². The van der Waals surface area contributed by atoms with Crippen LogP contribution in [0.25, 0.3) is 0 Å². The first kappa shape index (κ1) is 16.4. The lowest BCUT2D eigenvalue weighted by Gasteiger charge is -2.05. The number of rotatable bonds is 8. The summed E-state index contributed by atoms with van der Waals surface area (Å²) in [5, 5.41) is 10.3. The third-order valence-electron chi connectivity index (χ3n) is 2.27. The highest BCUT2D eigenvalue weighted by Crippen LogP contribution is 2.07. The van der Waals surface area contributed by atoms with Crippen molar-refractivity contribution in [3.05, 3.63) is 22.4 Å². The quantitative estimate of drug-likeness (QED) is 0.715. The van der Waals surface area contributed by atoms with Crippen LogP contribution in [-0.2, 0) is 11.2 Å². The molecule has 0 spiro atoms. The third-order valence-corrected chi connectivity index (χ3v) is 3.00. The number of amides is 1. The molecule has 0 fully saturated rings. The van der Waals surface area contributed by atoms with Gasteiger partial charge in [0, 0.05) is 19.5 Å². The molecule has 5 heteroatoms. The second kappa shape index (κ2) is 10.6. The topological polar surface area (TPSA) is 41.1 Å². The summed E-state index contributed by atoms with van der Waals surface area (Å²) < 4.78 is 0. The molecule has 0 unspecified atom stereocenters. The van der Waals surface area contributed by atoms with Crippen LogP contribution in [0.2, 0.25) is 0 Å². The zero-order valence-electron chi connectivity index (χ0n) is 10.2. The highest BCUT2D eigenvalue weighted by atomic mass is 35.5. The summed E-state index contributed by atoms with van der Waals surface area (Å²) in [5.41, 5.74) is 1.25. The molecule has 1 amide bonds. The van der Waals surface area contributed by atoms with Crippen molar-refractivity contribution in [2.75, 3.05) is 19.6 Å². The molecule has 0 aliphatic carbocycles. The summed E-state index contributed by atoms with van der Waals surface area (Å²) in [7, 11) is 0. The lowest BCUT2D eigenvalue weighted by molar-refractivity contribution is -0.121. The average Bonchev–Trinajstić information content (AvgIpc) is 2.79. The van der Waals surface area contributed by atoms with Gasteiger partial charge in [-0.15, -0.1) is 12.4 Å². The number of carbonyl (C=O) groups is 1. The van der Waals surface area contributed by atoms with Gasteiger partial charge >= 0.3 is 0 Å². The maximum absolute atomic E-state index is 11.4. The second-order valence-corrected chi connectivity index (χ2v) is 4.51. The van der Waals surface area contributed by atoms with Crippen molar-refractivity contribution in [1.82, 2.24) is 10.6 Å². The highest BCUT2D eigenvalue weighted by Gasteiger charge is 2.01. The highest BCUT2D eigenvalue weighted by molar-refractivity contribution is 7.07. The molecule has 0 bridgehead atoms. The van der Waals surface area contributed by atoms with Gasteiger partial charge in [-0.3, -0.25) is 4.79 Å². The summed E-state index contributed by atoms with van der Waals surface area (Å²) in [6.45, 7) is 4.73. The predicted octanol–water partition coefficient (Wildman–Crippen LogP) is 2.22. The Hall–Kier alpha value is -0.580. The molecule has 1 aromatic heterocycles. The van der Waals surface area contributed by atoms with Crippen molar-refractivity contribution in [2.24, 2.45) is 0 Å². The summed E-state index contributed by atoms with van der Waals surface area (Å²) in [6.07, 6.45) is 2.56. The van der Waals surface area contributed by atoms with Gasteiger partial charge in [0.15, 0.2) is 0 Å². The van der Waals surface area contributed by atoms with E-state index in [1.54, 1.807) is 11.3 Å². The molecule has 1 rings (SSSR count). The SMILES string of the molecule is CCCNCCNC(=O)CCc1ccsc1.Cl. The molecule has 0 atom stereocenters. The summed E-state index contributed by atoms with van der Waals surface area (Å²) in [5.74, 6) is 0.143. The van der Waals surface area contributed by atoms with Crippen molar-refractivity contribution in [1.29, 1.82) is 0 Å². The molecule has 0 radical (unpaired) electrons. The summed E-state index contributed by atoms with van der Waals surface area (Å²) in [4.78, 5) is 11.4. The molecule has 0 aliphatic heterocycles. The van der Waals surface area contributed by atoms with E-state index < -0.39 is 0 Å². The van der Waals surface area contributed by atoms with Crippen LogP contribution in [-0.4, -0.2) is 25.5 Å². The first-order valence-corrected chi connectivity index (χ1v) is 6.75. The van der Waals surface area contributed by atoms with E-state index in [1.807, 2.05) is 5.38 Å². The van der Waals surface area contributed by atoms with Crippen molar-refractivity contribution in [3.8, 4) is 0 Å². The van der Waals surface area contributed by atoms with Crippen LogP contribution in [0.1, 0.15) is 25.3 Å². The first-order valence-electron chi connectivity index (χ1n) is 5.81. The monoisotopic (exact) mass is 276 g/mol. The average molecular weight is 277 g/mol. The minimum atomic E-state index is 0. The molecule has 98 valence electrons. The minimum Gasteiger partial charge on any atom is -0.355 e. The Morgan fingerprint density at radius 1 is 1.35 bits per heavy atom. The van der Waals surface area contributed by atoms with Crippen LogP contribution in [0.4, 0.5) is 0 Å². The van der Waals surface area contributed by atoms with Crippen molar-refractivity contribution >= 4 is 29.7 Å². The predicted molar refractivity (Wildman–Crippen MR) is 76.1 cm³/mol. The van der Waals surface area contributed by atoms with Crippen molar-refractivity contribution in [2.45, 2.75) is 26.2 Å². The van der Waals surface area contributed by atoms with Gasteiger partial charge in [-0.2, -0.15) is 11.3 Å². The molecule has 3 nitrogen and oxygen atoms in total. The van der Waals surface area contributed by atoms with Gasteiger partial charge in [-0.05, 0) is 41.8 Å². The lowest BCUT2D eigenvalue weighted by atomic mass is 10.2. The number of hydrogen-bond donors (Lipinski definition) is 2. The normalized spacial score (nSPS) is 9.71.